The molecule has 0 aliphatic carbocycles. The number of fused-ring (bicyclic) bond motifs is 1. The van der Waals surface area contributed by atoms with Crippen molar-refractivity contribution >= 4 is 15.8 Å². The molecule has 1 aliphatic rings. The lowest BCUT2D eigenvalue weighted by Crippen LogP contribution is -2.39. The van der Waals surface area contributed by atoms with Crippen LogP contribution in [0.3, 0.4) is 0 Å². The Morgan fingerprint density at radius 1 is 1.42 bits per heavy atom. The molecular formula is C13H19NO4S. The van der Waals surface area contributed by atoms with Crippen LogP contribution in [0.4, 0.5) is 5.69 Å². The molecule has 1 heterocycles. The summed E-state index contributed by atoms with van der Waals surface area (Å²) in [5, 5.41) is 12.5. The first kappa shape index (κ1) is 14.3. The molecule has 1 aromatic carbocycles. The third kappa shape index (κ3) is 3.46. The van der Waals surface area contributed by atoms with Crippen LogP contribution in [0.5, 0.6) is 0 Å². The minimum absolute atomic E-state index is 0.0572. The number of hydrogen-bond acceptors (Lipinski definition) is 4. The Bertz CT molecular complexity index is 580. The summed E-state index contributed by atoms with van der Waals surface area (Å²) in [5.41, 5.74) is 2.22. The van der Waals surface area contributed by atoms with Crippen molar-refractivity contribution in [2.24, 2.45) is 0 Å². The smallest absolute Gasteiger partial charge is 0.265 e. The molecule has 0 bridgehead atoms. The highest BCUT2D eigenvalue weighted by Gasteiger charge is 2.33. The standard InChI is InChI=1S/C13H19NO4S/c1-13(2)6-10(8-19(16,17)18)11-4-3-9(7-15)5-12(11)14-13/h3-5,10,14-15H,6-8H2,1-2H3,(H,16,17,18). The second kappa shape index (κ2) is 4.77. The summed E-state index contributed by atoms with van der Waals surface area (Å²) in [6, 6.07) is 5.42. The van der Waals surface area contributed by atoms with Crippen molar-refractivity contribution in [1.82, 2.24) is 0 Å². The first-order valence-corrected chi connectivity index (χ1v) is 7.78. The Hall–Kier alpha value is -1.11. The van der Waals surface area contributed by atoms with Crippen LogP contribution in [0.25, 0.3) is 0 Å². The van der Waals surface area contributed by atoms with E-state index in [2.05, 4.69) is 5.32 Å². The third-order valence-electron chi connectivity index (χ3n) is 3.38. The molecule has 0 saturated heterocycles. The molecule has 5 nitrogen and oxygen atoms in total. The van der Waals surface area contributed by atoms with E-state index in [1.165, 1.54) is 0 Å². The van der Waals surface area contributed by atoms with Crippen LogP contribution >= 0.6 is 0 Å². The summed E-state index contributed by atoms with van der Waals surface area (Å²) in [6.07, 6.45) is 0.623. The van der Waals surface area contributed by atoms with Gasteiger partial charge in [0.2, 0.25) is 0 Å². The number of aliphatic hydroxyl groups excluding tert-OH is 1. The lowest BCUT2D eigenvalue weighted by atomic mass is 9.81. The summed E-state index contributed by atoms with van der Waals surface area (Å²) in [5.74, 6) is -0.516. The number of hydrogen-bond donors (Lipinski definition) is 3. The number of aliphatic hydroxyl groups is 1. The highest BCUT2D eigenvalue weighted by Crippen LogP contribution is 2.39. The maximum absolute atomic E-state index is 11.1. The monoisotopic (exact) mass is 285 g/mol. The molecule has 1 unspecified atom stereocenters. The van der Waals surface area contributed by atoms with Gasteiger partial charge in [-0.1, -0.05) is 12.1 Å². The van der Waals surface area contributed by atoms with Crippen LogP contribution in [0.2, 0.25) is 0 Å². The largest absolute Gasteiger partial charge is 0.392 e. The van der Waals surface area contributed by atoms with Crippen LogP contribution in [-0.4, -0.2) is 29.4 Å². The second-order valence-corrected chi connectivity index (χ2v) is 7.24. The Kier molecular flexibility index (Phi) is 3.59. The van der Waals surface area contributed by atoms with Gasteiger partial charge in [-0.05, 0) is 37.5 Å². The van der Waals surface area contributed by atoms with Crippen LogP contribution in [0.15, 0.2) is 18.2 Å². The van der Waals surface area contributed by atoms with E-state index in [-0.39, 0.29) is 23.8 Å². The normalized spacial score (nSPS) is 21.6. The molecule has 1 aromatic rings. The van der Waals surface area contributed by atoms with Gasteiger partial charge in [0.25, 0.3) is 10.1 Å². The quantitative estimate of drug-likeness (QED) is 0.736. The van der Waals surface area contributed by atoms with Crippen LogP contribution in [-0.2, 0) is 16.7 Å². The minimum Gasteiger partial charge on any atom is -0.392 e. The van der Waals surface area contributed by atoms with Gasteiger partial charge in [-0.3, -0.25) is 4.55 Å². The molecule has 1 atom stereocenters. The fourth-order valence-electron chi connectivity index (χ4n) is 2.71. The first-order chi connectivity index (χ1) is 8.70. The predicted molar refractivity (Wildman–Crippen MR) is 73.8 cm³/mol. The summed E-state index contributed by atoms with van der Waals surface area (Å²) >= 11 is 0. The zero-order valence-corrected chi connectivity index (χ0v) is 11.9. The zero-order chi connectivity index (χ0) is 14.3. The molecule has 0 aromatic heterocycles. The average Bonchev–Trinajstić information content (AvgIpc) is 2.24. The summed E-state index contributed by atoms with van der Waals surface area (Å²) in [7, 11) is -4.01. The Balaban J connectivity index is 2.43. The zero-order valence-electron chi connectivity index (χ0n) is 11.0. The minimum atomic E-state index is -4.01. The lowest BCUT2D eigenvalue weighted by Gasteiger charge is -2.38. The highest BCUT2D eigenvalue weighted by molar-refractivity contribution is 7.85. The molecule has 1 aliphatic heterocycles. The Morgan fingerprint density at radius 2 is 2.11 bits per heavy atom. The Morgan fingerprint density at radius 3 is 2.68 bits per heavy atom. The van der Waals surface area contributed by atoms with E-state index in [9.17, 15) is 8.42 Å². The molecule has 0 amide bonds. The van der Waals surface area contributed by atoms with E-state index in [4.69, 9.17) is 9.66 Å². The van der Waals surface area contributed by atoms with Gasteiger partial charge >= 0.3 is 0 Å². The van der Waals surface area contributed by atoms with Crippen molar-refractivity contribution in [3.8, 4) is 0 Å². The van der Waals surface area contributed by atoms with Crippen LogP contribution in [0, 0.1) is 0 Å². The van der Waals surface area contributed by atoms with Gasteiger partial charge < -0.3 is 10.4 Å². The first-order valence-electron chi connectivity index (χ1n) is 6.17. The highest BCUT2D eigenvalue weighted by atomic mass is 32.2. The van der Waals surface area contributed by atoms with Crippen molar-refractivity contribution in [3.63, 3.8) is 0 Å². The fraction of sp³-hybridized carbons (Fsp3) is 0.538. The maximum Gasteiger partial charge on any atom is 0.265 e. The van der Waals surface area contributed by atoms with Crippen molar-refractivity contribution in [2.45, 2.75) is 38.3 Å². The molecule has 0 fully saturated rings. The fourth-order valence-corrected chi connectivity index (χ4v) is 3.52. The molecule has 106 valence electrons. The van der Waals surface area contributed by atoms with Crippen molar-refractivity contribution in [1.29, 1.82) is 0 Å². The van der Waals surface area contributed by atoms with Gasteiger partial charge in [-0.15, -0.1) is 0 Å². The topological polar surface area (TPSA) is 86.6 Å². The van der Waals surface area contributed by atoms with Crippen molar-refractivity contribution in [2.75, 3.05) is 11.1 Å². The predicted octanol–water partition coefficient (Wildman–Crippen LogP) is 1.74. The number of benzene rings is 1. The van der Waals surface area contributed by atoms with Gasteiger partial charge in [-0.25, -0.2) is 0 Å². The lowest BCUT2D eigenvalue weighted by molar-refractivity contribution is 0.281. The summed E-state index contributed by atoms with van der Waals surface area (Å²) < 4.78 is 31.4. The molecule has 6 heteroatoms. The molecule has 3 N–H and O–H groups in total. The van der Waals surface area contributed by atoms with E-state index in [0.29, 0.717) is 6.42 Å². The van der Waals surface area contributed by atoms with Gasteiger partial charge in [0.05, 0.1) is 12.4 Å². The molecular weight excluding hydrogens is 266 g/mol. The molecule has 0 spiro atoms. The van der Waals surface area contributed by atoms with Crippen molar-refractivity contribution < 1.29 is 18.1 Å². The summed E-state index contributed by atoms with van der Waals surface area (Å²) in [4.78, 5) is 0. The SMILES string of the molecule is CC1(C)CC(CS(=O)(=O)O)c2ccc(CO)cc2N1. The number of rotatable bonds is 3. The van der Waals surface area contributed by atoms with Gasteiger partial charge in [-0.2, -0.15) is 8.42 Å². The molecule has 19 heavy (non-hydrogen) atoms. The van der Waals surface area contributed by atoms with Crippen molar-refractivity contribution in [3.05, 3.63) is 29.3 Å². The van der Waals surface area contributed by atoms with E-state index in [1.807, 2.05) is 26.0 Å². The average molecular weight is 285 g/mol. The maximum atomic E-state index is 11.1. The molecule has 2 rings (SSSR count). The van der Waals surface area contributed by atoms with E-state index >= 15 is 0 Å². The third-order valence-corrected chi connectivity index (χ3v) is 4.21. The molecule has 0 saturated carbocycles. The van der Waals surface area contributed by atoms with E-state index in [1.54, 1.807) is 6.07 Å². The van der Waals surface area contributed by atoms with Gasteiger partial charge in [0.15, 0.2) is 0 Å². The van der Waals surface area contributed by atoms with Gasteiger partial charge in [0.1, 0.15) is 0 Å². The molecule has 0 radical (unpaired) electrons. The van der Waals surface area contributed by atoms with Crippen LogP contribution < -0.4 is 5.32 Å². The summed E-state index contributed by atoms with van der Waals surface area (Å²) in [6.45, 7) is 3.91. The Labute approximate surface area is 113 Å². The number of anilines is 1. The van der Waals surface area contributed by atoms with E-state index < -0.39 is 10.1 Å². The van der Waals surface area contributed by atoms with Crippen LogP contribution in [0.1, 0.15) is 37.3 Å². The van der Waals surface area contributed by atoms with E-state index in [0.717, 1.165) is 16.8 Å². The number of nitrogens with one attached hydrogen (secondary N) is 1. The van der Waals surface area contributed by atoms with Gasteiger partial charge in [0, 0.05) is 17.1 Å². The second-order valence-electron chi connectivity index (χ2n) is 5.74.